The van der Waals surface area contributed by atoms with E-state index < -0.39 is 5.91 Å². The third-order valence-electron chi connectivity index (χ3n) is 2.82. The highest BCUT2D eigenvalue weighted by atomic mass is 16.2. The first-order valence-electron chi connectivity index (χ1n) is 6.36. The fraction of sp³-hybridized carbons (Fsp3) is 0.333. The number of hydrogen-bond donors (Lipinski definition) is 2. The normalized spacial score (nSPS) is 9.55. The smallest absolute Gasteiger partial charge is 0.254 e. The van der Waals surface area contributed by atoms with Crippen LogP contribution < -0.4 is 11.5 Å². The van der Waals surface area contributed by atoms with Gasteiger partial charge in [-0.2, -0.15) is 0 Å². The van der Waals surface area contributed by atoms with Crippen molar-refractivity contribution < 1.29 is 9.59 Å². The molecule has 0 aliphatic carbocycles. The van der Waals surface area contributed by atoms with E-state index in [4.69, 9.17) is 11.5 Å². The van der Waals surface area contributed by atoms with Gasteiger partial charge in [-0.15, -0.1) is 0 Å². The summed E-state index contributed by atoms with van der Waals surface area (Å²) in [4.78, 5) is 24.8. The van der Waals surface area contributed by atoms with Crippen molar-refractivity contribution in [3.63, 3.8) is 0 Å². The van der Waals surface area contributed by atoms with Gasteiger partial charge in [0, 0.05) is 17.7 Å². The lowest BCUT2D eigenvalue weighted by Crippen LogP contribution is -2.38. The van der Waals surface area contributed by atoms with Crippen LogP contribution >= 0.6 is 0 Å². The van der Waals surface area contributed by atoms with E-state index in [1.165, 1.54) is 4.90 Å². The van der Waals surface area contributed by atoms with Gasteiger partial charge in [0.15, 0.2) is 0 Å². The van der Waals surface area contributed by atoms with Crippen molar-refractivity contribution in [1.29, 1.82) is 0 Å². The summed E-state index contributed by atoms with van der Waals surface area (Å²) in [7, 11) is 0. The lowest BCUT2D eigenvalue weighted by atomic mass is 10.0. The average molecular weight is 273 g/mol. The molecule has 106 valence electrons. The van der Waals surface area contributed by atoms with Gasteiger partial charge in [0.1, 0.15) is 0 Å². The topological polar surface area (TPSA) is 89.4 Å². The fourth-order valence-electron chi connectivity index (χ4n) is 1.77. The van der Waals surface area contributed by atoms with Crippen molar-refractivity contribution in [1.82, 2.24) is 4.90 Å². The molecule has 1 rings (SSSR count). The number of nitrogens with two attached hydrogens (primary N) is 2. The Balaban J connectivity index is 3.10. The molecule has 5 nitrogen and oxygen atoms in total. The van der Waals surface area contributed by atoms with E-state index in [2.05, 4.69) is 11.8 Å². The Morgan fingerprint density at radius 1 is 1.35 bits per heavy atom. The summed E-state index contributed by atoms with van der Waals surface area (Å²) in [5.41, 5.74) is 12.6. The molecule has 0 atom stereocenters. The number of aryl methyl sites for hydroxylation is 1. The number of carbonyl (C=O) groups excluding carboxylic acids is 2. The summed E-state index contributed by atoms with van der Waals surface area (Å²) in [5.74, 6) is 4.88. The molecule has 0 unspecified atom stereocenters. The first-order chi connectivity index (χ1) is 9.49. The van der Waals surface area contributed by atoms with Crippen LogP contribution in [0.2, 0.25) is 0 Å². The van der Waals surface area contributed by atoms with Gasteiger partial charge in [0.2, 0.25) is 5.91 Å². The first-order valence-corrected chi connectivity index (χ1v) is 6.36. The van der Waals surface area contributed by atoms with Gasteiger partial charge < -0.3 is 16.4 Å². The highest BCUT2D eigenvalue weighted by Gasteiger charge is 2.18. The van der Waals surface area contributed by atoms with Gasteiger partial charge in [-0.3, -0.25) is 9.59 Å². The minimum absolute atomic E-state index is 0.0898. The Kier molecular flexibility index (Phi) is 5.75. The molecule has 0 fully saturated rings. The molecule has 1 aromatic rings. The molecule has 20 heavy (non-hydrogen) atoms. The van der Waals surface area contributed by atoms with E-state index in [0.717, 1.165) is 11.1 Å². The van der Waals surface area contributed by atoms with Gasteiger partial charge >= 0.3 is 0 Å². The molecule has 4 N–H and O–H groups in total. The zero-order valence-corrected chi connectivity index (χ0v) is 11.8. The number of primary amides is 1. The summed E-state index contributed by atoms with van der Waals surface area (Å²) in [6.45, 7) is 4.23. The molecule has 5 heteroatoms. The van der Waals surface area contributed by atoms with Crippen LogP contribution in [0.15, 0.2) is 18.2 Å². The SMILES string of the molecule is CCN(CC(N)=O)C(=O)c1cc(C#CCN)ccc1C. The molecule has 0 aliphatic rings. The predicted molar refractivity (Wildman–Crippen MR) is 77.9 cm³/mol. The van der Waals surface area contributed by atoms with Gasteiger partial charge in [-0.05, 0) is 31.5 Å². The molecule has 1 aromatic carbocycles. The Morgan fingerprint density at radius 2 is 2.05 bits per heavy atom. The zero-order valence-electron chi connectivity index (χ0n) is 11.8. The van der Waals surface area contributed by atoms with Crippen LogP contribution in [0.5, 0.6) is 0 Å². The molecule has 0 heterocycles. The van der Waals surface area contributed by atoms with E-state index >= 15 is 0 Å². The van der Waals surface area contributed by atoms with E-state index in [-0.39, 0.29) is 19.0 Å². The van der Waals surface area contributed by atoms with Crippen molar-refractivity contribution in [3.8, 4) is 11.8 Å². The Morgan fingerprint density at radius 3 is 2.60 bits per heavy atom. The van der Waals surface area contributed by atoms with Crippen molar-refractivity contribution in [3.05, 3.63) is 34.9 Å². The standard InChI is InChI=1S/C15H19N3O2/c1-3-18(10-14(17)19)15(20)13-9-12(5-4-8-16)7-6-11(13)2/h6-7,9H,3,8,10,16H2,1-2H3,(H2,17,19). The number of rotatable bonds is 4. The maximum Gasteiger partial charge on any atom is 0.254 e. The van der Waals surface area contributed by atoms with E-state index in [1.807, 2.05) is 19.1 Å². The van der Waals surface area contributed by atoms with E-state index in [0.29, 0.717) is 12.1 Å². The lowest BCUT2D eigenvalue weighted by Gasteiger charge is -2.20. The lowest BCUT2D eigenvalue weighted by molar-refractivity contribution is -0.118. The predicted octanol–water partition coefficient (Wildman–Crippen LogP) is 0.253. The zero-order chi connectivity index (χ0) is 15.1. The molecule has 0 bridgehead atoms. The second kappa shape index (κ2) is 7.31. The molecular formula is C15H19N3O2. The highest BCUT2D eigenvalue weighted by Crippen LogP contribution is 2.13. The molecule has 0 saturated carbocycles. The fourth-order valence-corrected chi connectivity index (χ4v) is 1.77. The van der Waals surface area contributed by atoms with E-state index in [9.17, 15) is 9.59 Å². The first kappa shape index (κ1) is 15.7. The Hall–Kier alpha value is -2.32. The van der Waals surface area contributed by atoms with Crippen molar-refractivity contribution >= 4 is 11.8 Å². The van der Waals surface area contributed by atoms with Gasteiger partial charge in [0.25, 0.3) is 5.91 Å². The molecular weight excluding hydrogens is 254 g/mol. The van der Waals surface area contributed by atoms with Crippen LogP contribution in [0.25, 0.3) is 0 Å². The van der Waals surface area contributed by atoms with Crippen LogP contribution in [0.3, 0.4) is 0 Å². The van der Waals surface area contributed by atoms with Crippen LogP contribution in [-0.4, -0.2) is 36.3 Å². The van der Waals surface area contributed by atoms with Crippen LogP contribution in [-0.2, 0) is 4.79 Å². The third-order valence-corrected chi connectivity index (χ3v) is 2.82. The van der Waals surface area contributed by atoms with Crippen molar-refractivity contribution in [2.24, 2.45) is 11.5 Å². The molecule has 0 aliphatic heterocycles. The summed E-state index contributed by atoms with van der Waals surface area (Å²) in [5, 5.41) is 0. The molecule has 0 radical (unpaired) electrons. The summed E-state index contributed by atoms with van der Waals surface area (Å²) in [6.07, 6.45) is 0. The summed E-state index contributed by atoms with van der Waals surface area (Å²) >= 11 is 0. The number of likely N-dealkylation sites (N-methyl/N-ethyl adjacent to an activating group) is 1. The molecule has 0 saturated heterocycles. The molecule has 2 amide bonds. The van der Waals surface area contributed by atoms with Crippen LogP contribution in [0.4, 0.5) is 0 Å². The van der Waals surface area contributed by atoms with Crippen molar-refractivity contribution in [2.75, 3.05) is 19.6 Å². The maximum absolute atomic E-state index is 12.4. The minimum Gasteiger partial charge on any atom is -0.368 e. The highest BCUT2D eigenvalue weighted by molar-refractivity contribution is 5.97. The summed E-state index contributed by atoms with van der Waals surface area (Å²) < 4.78 is 0. The quantitative estimate of drug-likeness (QED) is 0.771. The van der Waals surface area contributed by atoms with Crippen molar-refractivity contribution in [2.45, 2.75) is 13.8 Å². The Labute approximate surface area is 118 Å². The van der Waals surface area contributed by atoms with E-state index in [1.54, 1.807) is 13.0 Å². The second-order valence-corrected chi connectivity index (χ2v) is 4.32. The number of hydrogen-bond acceptors (Lipinski definition) is 3. The van der Waals surface area contributed by atoms with Crippen LogP contribution in [0.1, 0.15) is 28.4 Å². The third kappa shape index (κ3) is 4.11. The Bertz CT molecular complexity index is 570. The number of nitrogens with zero attached hydrogens (tertiary/aromatic N) is 1. The number of benzene rings is 1. The number of amides is 2. The minimum atomic E-state index is -0.531. The van der Waals surface area contributed by atoms with Crippen LogP contribution in [0, 0.1) is 18.8 Å². The van der Waals surface area contributed by atoms with Gasteiger partial charge in [0.05, 0.1) is 13.1 Å². The average Bonchev–Trinajstić information content (AvgIpc) is 2.43. The maximum atomic E-state index is 12.4. The van der Waals surface area contributed by atoms with Gasteiger partial charge in [-0.1, -0.05) is 17.9 Å². The largest absolute Gasteiger partial charge is 0.368 e. The second-order valence-electron chi connectivity index (χ2n) is 4.32. The monoisotopic (exact) mass is 273 g/mol. The number of carbonyl (C=O) groups is 2. The molecule has 0 spiro atoms. The van der Waals surface area contributed by atoms with Gasteiger partial charge in [-0.25, -0.2) is 0 Å². The molecule has 0 aromatic heterocycles. The summed E-state index contributed by atoms with van der Waals surface area (Å²) in [6, 6.07) is 5.37.